The van der Waals surface area contributed by atoms with E-state index in [0.717, 1.165) is 24.8 Å². The lowest BCUT2D eigenvalue weighted by atomic mass is 10.2. The van der Waals surface area contributed by atoms with E-state index in [2.05, 4.69) is 32.4 Å². The highest BCUT2D eigenvalue weighted by Gasteiger charge is 2.22. The topological polar surface area (TPSA) is 61.8 Å². The van der Waals surface area contributed by atoms with Gasteiger partial charge in [0, 0.05) is 25.8 Å². The number of aromatic nitrogens is 1. The summed E-state index contributed by atoms with van der Waals surface area (Å²) in [6, 6.07) is 4.39. The van der Waals surface area contributed by atoms with E-state index >= 15 is 0 Å². The van der Waals surface area contributed by atoms with E-state index in [9.17, 15) is 0 Å². The summed E-state index contributed by atoms with van der Waals surface area (Å²) in [6.45, 7) is 6.79. The van der Waals surface area contributed by atoms with Crippen molar-refractivity contribution in [3.05, 3.63) is 24.5 Å². The zero-order valence-corrected chi connectivity index (χ0v) is 13.6. The second kappa shape index (κ2) is 9.25. The first-order chi connectivity index (χ1) is 10.8. The molecule has 1 atom stereocenters. The van der Waals surface area contributed by atoms with Gasteiger partial charge in [0.05, 0.1) is 12.7 Å². The van der Waals surface area contributed by atoms with Gasteiger partial charge in [-0.3, -0.25) is 14.9 Å². The van der Waals surface area contributed by atoms with Crippen LogP contribution in [-0.4, -0.2) is 61.7 Å². The molecule has 1 aromatic heterocycles. The normalized spacial score (nSPS) is 19.2. The second-order valence-electron chi connectivity index (χ2n) is 5.34. The van der Waals surface area contributed by atoms with Crippen LogP contribution in [0.25, 0.3) is 0 Å². The number of ether oxygens (including phenoxy) is 1. The van der Waals surface area contributed by atoms with E-state index in [1.165, 1.54) is 19.4 Å². The largest absolute Gasteiger partial charge is 0.490 e. The predicted molar refractivity (Wildman–Crippen MR) is 89.4 cm³/mol. The van der Waals surface area contributed by atoms with Gasteiger partial charge >= 0.3 is 0 Å². The highest BCUT2D eigenvalue weighted by atomic mass is 16.5. The minimum absolute atomic E-state index is 0.580. The Hall–Kier alpha value is -1.82. The third kappa shape index (κ3) is 5.18. The van der Waals surface area contributed by atoms with Gasteiger partial charge < -0.3 is 15.4 Å². The van der Waals surface area contributed by atoms with Crippen LogP contribution in [0.4, 0.5) is 0 Å². The summed E-state index contributed by atoms with van der Waals surface area (Å²) in [5.74, 6) is 1.62. The minimum Gasteiger partial charge on any atom is -0.490 e. The Morgan fingerprint density at radius 2 is 2.41 bits per heavy atom. The van der Waals surface area contributed by atoms with Crippen molar-refractivity contribution in [3.63, 3.8) is 0 Å². The molecular weight excluding hydrogens is 278 g/mol. The van der Waals surface area contributed by atoms with Gasteiger partial charge in [0.15, 0.2) is 5.96 Å². The number of likely N-dealkylation sites (tertiary alicyclic amines) is 1. The summed E-state index contributed by atoms with van der Waals surface area (Å²) >= 11 is 0. The molecule has 122 valence electrons. The highest BCUT2D eigenvalue weighted by molar-refractivity contribution is 5.79. The summed E-state index contributed by atoms with van der Waals surface area (Å²) in [4.78, 5) is 10.8. The number of hydrogen-bond donors (Lipinski definition) is 2. The lowest BCUT2D eigenvalue weighted by Crippen LogP contribution is -2.45. The van der Waals surface area contributed by atoms with Gasteiger partial charge in [-0.1, -0.05) is 6.92 Å². The Labute approximate surface area is 133 Å². The summed E-state index contributed by atoms with van der Waals surface area (Å²) < 4.78 is 5.60. The smallest absolute Gasteiger partial charge is 0.191 e. The van der Waals surface area contributed by atoms with Crippen molar-refractivity contribution < 1.29 is 4.74 Å². The Morgan fingerprint density at radius 3 is 3.14 bits per heavy atom. The van der Waals surface area contributed by atoms with Crippen LogP contribution in [-0.2, 0) is 0 Å². The van der Waals surface area contributed by atoms with E-state index in [4.69, 9.17) is 4.74 Å². The van der Waals surface area contributed by atoms with Crippen LogP contribution >= 0.6 is 0 Å². The van der Waals surface area contributed by atoms with E-state index in [1.54, 1.807) is 19.4 Å². The van der Waals surface area contributed by atoms with Crippen molar-refractivity contribution in [2.75, 3.05) is 39.8 Å². The SMILES string of the molecule is CCN1CCCC1CNC(=NC)NCCOc1cccnc1. The number of aliphatic imine (C=N–C) groups is 1. The number of rotatable bonds is 7. The average Bonchev–Trinajstić information content (AvgIpc) is 3.02. The molecule has 2 rings (SSSR count). The van der Waals surface area contributed by atoms with Crippen LogP contribution in [0.15, 0.2) is 29.5 Å². The monoisotopic (exact) mass is 305 g/mol. The van der Waals surface area contributed by atoms with Crippen molar-refractivity contribution in [1.29, 1.82) is 0 Å². The Kier molecular flexibility index (Phi) is 6.96. The molecule has 2 heterocycles. The molecule has 0 aliphatic carbocycles. The van der Waals surface area contributed by atoms with Crippen LogP contribution in [0, 0.1) is 0 Å². The van der Waals surface area contributed by atoms with Gasteiger partial charge in [-0.15, -0.1) is 0 Å². The molecule has 1 saturated heterocycles. The summed E-state index contributed by atoms with van der Waals surface area (Å²) in [7, 11) is 1.80. The van der Waals surface area contributed by atoms with Crippen LogP contribution in [0.3, 0.4) is 0 Å². The standard InChI is InChI=1S/C16H27N5O/c1-3-21-10-5-6-14(21)12-20-16(17-2)19-9-11-22-15-7-4-8-18-13-15/h4,7-8,13-14H,3,5-6,9-12H2,1-2H3,(H2,17,19,20). The van der Waals surface area contributed by atoms with Crippen LogP contribution in [0.1, 0.15) is 19.8 Å². The van der Waals surface area contributed by atoms with Crippen molar-refractivity contribution in [3.8, 4) is 5.75 Å². The van der Waals surface area contributed by atoms with Crippen molar-refractivity contribution in [1.82, 2.24) is 20.5 Å². The molecule has 0 spiro atoms. The molecule has 0 aromatic carbocycles. The third-order valence-corrected chi connectivity index (χ3v) is 3.93. The number of pyridine rings is 1. The molecule has 6 nitrogen and oxygen atoms in total. The number of likely N-dealkylation sites (N-methyl/N-ethyl adjacent to an activating group) is 1. The number of nitrogens with zero attached hydrogens (tertiary/aromatic N) is 3. The van der Waals surface area contributed by atoms with Crippen LogP contribution in [0.5, 0.6) is 5.75 Å². The van der Waals surface area contributed by atoms with E-state index in [1.807, 2.05) is 12.1 Å². The lowest BCUT2D eigenvalue weighted by Gasteiger charge is -2.23. The molecule has 1 aliphatic heterocycles. The molecule has 1 aromatic rings. The van der Waals surface area contributed by atoms with E-state index in [-0.39, 0.29) is 0 Å². The van der Waals surface area contributed by atoms with Gasteiger partial charge in [0.25, 0.3) is 0 Å². The van der Waals surface area contributed by atoms with Crippen LogP contribution < -0.4 is 15.4 Å². The maximum atomic E-state index is 5.60. The lowest BCUT2D eigenvalue weighted by molar-refractivity contribution is 0.266. The molecule has 0 radical (unpaired) electrons. The average molecular weight is 305 g/mol. The number of hydrogen-bond acceptors (Lipinski definition) is 4. The first-order valence-electron chi connectivity index (χ1n) is 8.05. The molecule has 1 unspecified atom stereocenters. The minimum atomic E-state index is 0.580. The Bertz CT molecular complexity index is 451. The van der Waals surface area contributed by atoms with Gasteiger partial charge in [-0.2, -0.15) is 0 Å². The molecule has 1 fully saturated rings. The fourth-order valence-electron chi connectivity index (χ4n) is 2.75. The van der Waals surface area contributed by atoms with Gasteiger partial charge in [-0.05, 0) is 38.1 Å². The van der Waals surface area contributed by atoms with Gasteiger partial charge in [-0.25, -0.2) is 0 Å². The highest BCUT2D eigenvalue weighted by Crippen LogP contribution is 2.15. The molecule has 1 aliphatic rings. The second-order valence-corrected chi connectivity index (χ2v) is 5.34. The van der Waals surface area contributed by atoms with Gasteiger partial charge in [0.1, 0.15) is 12.4 Å². The first-order valence-corrected chi connectivity index (χ1v) is 8.05. The first kappa shape index (κ1) is 16.5. The molecule has 0 bridgehead atoms. The van der Waals surface area contributed by atoms with Gasteiger partial charge in [0.2, 0.25) is 0 Å². The van der Waals surface area contributed by atoms with Crippen molar-refractivity contribution in [2.24, 2.45) is 4.99 Å². The molecule has 2 N–H and O–H groups in total. The zero-order valence-electron chi connectivity index (χ0n) is 13.6. The van der Waals surface area contributed by atoms with E-state index < -0.39 is 0 Å². The van der Waals surface area contributed by atoms with E-state index in [0.29, 0.717) is 19.2 Å². The number of guanidine groups is 1. The number of nitrogens with one attached hydrogen (secondary N) is 2. The quantitative estimate of drug-likeness (QED) is 0.449. The Morgan fingerprint density at radius 1 is 1.50 bits per heavy atom. The molecule has 6 heteroatoms. The maximum Gasteiger partial charge on any atom is 0.191 e. The summed E-state index contributed by atoms with van der Waals surface area (Å²) in [5, 5.41) is 6.68. The predicted octanol–water partition coefficient (Wildman–Crippen LogP) is 1.11. The Balaban J connectivity index is 1.63. The fourth-order valence-corrected chi connectivity index (χ4v) is 2.75. The summed E-state index contributed by atoms with van der Waals surface area (Å²) in [6.07, 6.45) is 6.01. The molecular formula is C16H27N5O. The molecule has 0 saturated carbocycles. The zero-order chi connectivity index (χ0) is 15.6. The van der Waals surface area contributed by atoms with Crippen molar-refractivity contribution in [2.45, 2.75) is 25.8 Å². The molecule has 22 heavy (non-hydrogen) atoms. The third-order valence-electron chi connectivity index (χ3n) is 3.93. The maximum absolute atomic E-state index is 5.60. The summed E-state index contributed by atoms with van der Waals surface area (Å²) in [5.41, 5.74) is 0. The fraction of sp³-hybridized carbons (Fsp3) is 0.625. The van der Waals surface area contributed by atoms with Crippen molar-refractivity contribution >= 4 is 5.96 Å². The molecule has 0 amide bonds. The van der Waals surface area contributed by atoms with Crippen LogP contribution in [0.2, 0.25) is 0 Å².